The van der Waals surface area contributed by atoms with E-state index in [0.717, 1.165) is 31.4 Å². The van der Waals surface area contributed by atoms with Gasteiger partial charge in [0.05, 0.1) is 22.8 Å². The van der Waals surface area contributed by atoms with E-state index in [1.165, 1.54) is 78.1 Å². The maximum atomic E-state index is 2.64. The highest BCUT2D eigenvalue weighted by Crippen LogP contribution is 2.52. The van der Waals surface area contributed by atoms with Crippen molar-refractivity contribution in [3.05, 3.63) is 204 Å². The molecule has 0 fully saturated rings. The van der Waals surface area contributed by atoms with E-state index in [0.29, 0.717) is 0 Å². The summed E-state index contributed by atoms with van der Waals surface area (Å²) in [6.45, 7) is 0. The zero-order valence-electron chi connectivity index (χ0n) is 31.7. The van der Waals surface area contributed by atoms with Crippen molar-refractivity contribution in [3.63, 3.8) is 0 Å². The van der Waals surface area contributed by atoms with Gasteiger partial charge in [-0.1, -0.05) is 127 Å². The molecule has 2 atom stereocenters. The van der Waals surface area contributed by atoms with E-state index in [-0.39, 0.29) is 12.0 Å². The van der Waals surface area contributed by atoms with Crippen molar-refractivity contribution in [2.24, 2.45) is 0 Å². The lowest BCUT2D eigenvalue weighted by Crippen LogP contribution is -2.30. The summed E-state index contributed by atoms with van der Waals surface area (Å²) in [7, 11) is 0. The summed E-state index contributed by atoms with van der Waals surface area (Å²) in [5.41, 5.74) is 19.5. The predicted molar refractivity (Wildman–Crippen MR) is 239 cm³/mol. The van der Waals surface area contributed by atoms with E-state index in [4.69, 9.17) is 0 Å². The van der Waals surface area contributed by atoms with Crippen LogP contribution in [0.3, 0.4) is 0 Å². The number of hydrogen-bond donors (Lipinski definition) is 0. The molecule has 3 heterocycles. The summed E-state index contributed by atoms with van der Waals surface area (Å²) in [6, 6.07) is 53.7. The minimum Gasteiger partial charge on any atom is -0.333 e. The molecule has 2 unspecified atom stereocenters. The molecule has 0 radical (unpaired) electrons. The van der Waals surface area contributed by atoms with Gasteiger partial charge < -0.3 is 14.0 Å². The van der Waals surface area contributed by atoms with Crippen molar-refractivity contribution in [1.82, 2.24) is 9.13 Å². The molecule has 12 rings (SSSR count). The number of para-hydroxylation sites is 2. The van der Waals surface area contributed by atoms with Gasteiger partial charge in [0.1, 0.15) is 0 Å². The molecule has 0 bridgehead atoms. The molecule has 8 aromatic rings. The number of nitrogens with zero attached hydrogens (tertiary/aromatic N) is 3. The Balaban J connectivity index is 1.01. The lowest BCUT2D eigenvalue weighted by atomic mass is 9.90. The van der Waals surface area contributed by atoms with Gasteiger partial charge >= 0.3 is 0 Å². The second kappa shape index (κ2) is 12.9. The summed E-state index contributed by atoms with van der Waals surface area (Å²) < 4.78 is 5.02. The highest BCUT2D eigenvalue weighted by atomic mass is 15.2. The van der Waals surface area contributed by atoms with E-state index < -0.39 is 0 Å². The van der Waals surface area contributed by atoms with Gasteiger partial charge in [-0.15, -0.1) is 0 Å². The molecule has 0 saturated carbocycles. The van der Waals surface area contributed by atoms with Crippen molar-refractivity contribution >= 4 is 51.0 Å². The Kier molecular flexibility index (Phi) is 7.31. The standard InChI is InChI=1S/C54H41N3/c1-2-14-36(15-3-1)37-28-30-38(31-29-37)39-16-12-17-40(34-39)56-50-25-11-7-21-46(50)54-51(56)26-13-27-52(54)57-49-24-10-6-20-44(49)45-33-32-41(35-53(45)57)55-47-22-8-4-18-42(47)43-19-5-9-23-48(43)55/h1-3,6-17,20-35,45,53H,4-5,18-19H2. The predicted octanol–water partition coefficient (Wildman–Crippen LogP) is 13.6. The van der Waals surface area contributed by atoms with Crippen LogP contribution in [0, 0.1) is 0 Å². The first-order valence-corrected chi connectivity index (χ1v) is 20.5. The molecule has 272 valence electrons. The number of hydrogen-bond acceptors (Lipinski definition) is 1. The quantitative estimate of drug-likeness (QED) is 0.172. The van der Waals surface area contributed by atoms with E-state index in [2.05, 4.69) is 202 Å². The Morgan fingerprint density at radius 3 is 1.93 bits per heavy atom. The van der Waals surface area contributed by atoms with E-state index in [1.54, 1.807) is 11.1 Å². The SMILES string of the molecule is C1=Cc2c(c3c(n2C2=CC4C(C=C2)c2ccccc2N4c2cccc4c2c2ccccc2n4-c2cccc(-c4ccc(-c5ccccc5)cc4)c2)C=CCC3)CC1. The van der Waals surface area contributed by atoms with Gasteiger partial charge in [0.15, 0.2) is 0 Å². The van der Waals surface area contributed by atoms with Crippen LogP contribution in [0.15, 0.2) is 176 Å². The van der Waals surface area contributed by atoms with Crippen molar-refractivity contribution < 1.29 is 0 Å². The van der Waals surface area contributed by atoms with Crippen LogP contribution in [0.2, 0.25) is 0 Å². The first-order chi connectivity index (χ1) is 28.3. The Morgan fingerprint density at radius 1 is 0.491 bits per heavy atom. The van der Waals surface area contributed by atoms with Crippen LogP contribution in [0.1, 0.15) is 46.8 Å². The molecule has 0 amide bonds. The summed E-state index contributed by atoms with van der Waals surface area (Å²) in [4.78, 5) is 2.64. The van der Waals surface area contributed by atoms with Crippen LogP contribution < -0.4 is 4.90 Å². The van der Waals surface area contributed by atoms with Gasteiger partial charge in [0, 0.05) is 45.2 Å². The molecule has 3 aliphatic carbocycles. The molecule has 2 aromatic heterocycles. The van der Waals surface area contributed by atoms with Crippen LogP contribution >= 0.6 is 0 Å². The number of fused-ring (bicyclic) bond motifs is 9. The average molecular weight is 732 g/mol. The van der Waals surface area contributed by atoms with Crippen LogP contribution in [-0.2, 0) is 12.8 Å². The highest BCUT2D eigenvalue weighted by Gasteiger charge is 2.40. The van der Waals surface area contributed by atoms with Gasteiger partial charge in [0.25, 0.3) is 0 Å². The molecule has 6 aromatic carbocycles. The minimum atomic E-state index is 0.131. The summed E-state index contributed by atoms with van der Waals surface area (Å²) in [6.07, 6.45) is 21.4. The van der Waals surface area contributed by atoms with Crippen LogP contribution in [0.25, 0.3) is 67.6 Å². The lowest BCUT2D eigenvalue weighted by molar-refractivity contribution is 0.742. The van der Waals surface area contributed by atoms with Crippen LogP contribution in [0.5, 0.6) is 0 Å². The topological polar surface area (TPSA) is 13.1 Å². The van der Waals surface area contributed by atoms with E-state index in [9.17, 15) is 0 Å². The normalized spacial score (nSPS) is 17.8. The molecular formula is C54H41N3. The maximum Gasteiger partial charge on any atom is 0.0649 e. The molecular weight excluding hydrogens is 691 g/mol. The maximum absolute atomic E-state index is 2.64. The first kappa shape index (κ1) is 32.4. The minimum absolute atomic E-state index is 0.131. The Labute approximate surface area is 333 Å². The lowest BCUT2D eigenvalue weighted by Gasteiger charge is -2.31. The molecule has 0 saturated heterocycles. The molecule has 57 heavy (non-hydrogen) atoms. The van der Waals surface area contributed by atoms with Crippen LogP contribution in [-0.4, -0.2) is 15.2 Å². The largest absolute Gasteiger partial charge is 0.333 e. The van der Waals surface area contributed by atoms with E-state index >= 15 is 0 Å². The number of benzene rings is 6. The zero-order valence-corrected chi connectivity index (χ0v) is 31.7. The molecule has 0 N–H and O–H groups in total. The number of anilines is 2. The van der Waals surface area contributed by atoms with Gasteiger partial charge in [-0.3, -0.25) is 0 Å². The smallest absolute Gasteiger partial charge is 0.0649 e. The molecule has 3 heteroatoms. The second-order valence-corrected chi connectivity index (χ2v) is 15.9. The van der Waals surface area contributed by atoms with Crippen molar-refractivity contribution in [2.75, 3.05) is 4.90 Å². The number of rotatable bonds is 5. The third-order valence-electron chi connectivity index (χ3n) is 12.8. The Morgan fingerprint density at radius 2 is 1.12 bits per heavy atom. The van der Waals surface area contributed by atoms with E-state index in [1.807, 2.05) is 0 Å². The summed E-state index contributed by atoms with van der Waals surface area (Å²) in [5, 5.41) is 2.55. The summed E-state index contributed by atoms with van der Waals surface area (Å²) >= 11 is 0. The fourth-order valence-corrected chi connectivity index (χ4v) is 10.3. The van der Waals surface area contributed by atoms with Gasteiger partial charge in [-0.05, 0) is 125 Å². The highest BCUT2D eigenvalue weighted by molar-refractivity contribution is 6.16. The number of aromatic nitrogens is 2. The fourth-order valence-electron chi connectivity index (χ4n) is 10.3. The van der Waals surface area contributed by atoms with Crippen molar-refractivity contribution in [1.29, 1.82) is 0 Å². The first-order valence-electron chi connectivity index (χ1n) is 20.5. The van der Waals surface area contributed by atoms with Crippen molar-refractivity contribution in [2.45, 2.75) is 37.6 Å². The Bertz CT molecular complexity index is 2980. The molecule has 1 aliphatic heterocycles. The fraction of sp³-hybridized carbons (Fsp3) is 0.111. The third-order valence-corrected chi connectivity index (χ3v) is 12.8. The third kappa shape index (κ3) is 4.98. The van der Waals surface area contributed by atoms with Gasteiger partial charge in [0.2, 0.25) is 0 Å². The molecule has 0 spiro atoms. The zero-order chi connectivity index (χ0) is 37.5. The molecule has 4 aliphatic rings. The average Bonchev–Trinajstić information content (AvgIpc) is 3.92. The van der Waals surface area contributed by atoms with Gasteiger partial charge in [-0.2, -0.15) is 0 Å². The molecule has 3 nitrogen and oxygen atoms in total. The van der Waals surface area contributed by atoms with Crippen molar-refractivity contribution in [3.8, 4) is 27.9 Å². The second-order valence-electron chi connectivity index (χ2n) is 15.9. The monoisotopic (exact) mass is 731 g/mol. The van der Waals surface area contributed by atoms with Crippen LogP contribution in [0.4, 0.5) is 11.4 Å². The van der Waals surface area contributed by atoms with Gasteiger partial charge in [-0.25, -0.2) is 0 Å². The number of allylic oxidation sites excluding steroid dienone is 4. The Hall–Kier alpha value is -6.84. The summed E-state index contributed by atoms with van der Waals surface area (Å²) in [5.74, 6) is 0.256.